The van der Waals surface area contributed by atoms with Crippen LogP contribution in [-0.4, -0.2) is 30.0 Å². The third-order valence-electron chi connectivity index (χ3n) is 3.53. The summed E-state index contributed by atoms with van der Waals surface area (Å²) in [5.74, 6) is 0.556. The molecule has 0 saturated carbocycles. The molecule has 1 aromatic carbocycles. The molecule has 1 unspecified atom stereocenters. The molecular formula is C13H18N2O2. The molecule has 1 aliphatic rings. The Morgan fingerprint density at radius 3 is 2.59 bits per heavy atom. The molecule has 1 atom stereocenters. The summed E-state index contributed by atoms with van der Waals surface area (Å²) in [5.41, 5.74) is 1.42. The number of nitrogens with zero attached hydrogens (tertiary/aromatic N) is 2. The smallest absolute Gasteiger partial charge is 0.269 e. The second kappa shape index (κ2) is 5.27. The van der Waals surface area contributed by atoms with E-state index < -0.39 is 0 Å². The van der Waals surface area contributed by atoms with Crippen LogP contribution < -0.4 is 0 Å². The van der Waals surface area contributed by atoms with E-state index in [1.807, 2.05) is 12.1 Å². The predicted octanol–water partition coefficient (Wildman–Crippen LogP) is 2.79. The van der Waals surface area contributed by atoms with Gasteiger partial charge in [0.25, 0.3) is 5.69 Å². The number of likely N-dealkylation sites (tertiary alicyclic amines) is 1. The van der Waals surface area contributed by atoms with Crippen LogP contribution in [0.25, 0.3) is 0 Å². The van der Waals surface area contributed by atoms with Gasteiger partial charge < -0.3 is 4.90 Å². The number of rotatable bonds is 2. The van der Waals surface area contributed by atoms with Crippen LogP contribution in [0.4, 0.5) is 5.69 Å². The maximum Gasteiger partial charge on any atom is 0.269 e. The second-order valence-corrected chi connectivity index (χ2v) is 4.78. The van der Waals surface area contributed by atoms with Crippen molar-refractivity contribution in [3.05, 3.63) is 39.9 Å². The lowest BCUT2D eigenvalue weighted by atomic mass is 9.92. The predicted molar refractivity (Wildman–Crippen MR) is 67.2 cm³/mol. The fraction of sp³-hybridized carbons (Fsp3) is 0.538. The maximum absolute atomic E-state index is 10.6. The highest BCUT2D eigenvalue weighted by molar-refractivity contribution is 5.34. The van der Waals surface area contributed by atoms with Crippen molar-refractivity contribution in [3.8, 4) is 0 Å². The number of benzene rings is 1. The summed E-state index contributed by atoms with van der Waals surface area (Å²) < 4.78 is 0. The van der Waals surface area contributed by atoms with Gasteiger partial charge in [0.05, 0.1) is 4.92 Å². The van der Waals surface area contributed by atoms with E-state index in [4.69, 9.17) is 0 Å². The lowest BCUT2D eigenvalue weighted by Gasteiger charge is -2.15. The van der Waals surface area contributed by atoms with Gasteiger partial charge in [-0.15, -0.1) is 0 Å². The molecule has 0 spiro atoms. The number of hydrogen-bond donors (Lipinski definition) is 0. The third kappa shape index (κ3) is 3.03. The van der Waals surface area contributed by atoms with Crippen LogP contribution in [0, 0.1) is 10.1 Å². The zero-order valence-electron chi connectivity index (χ0n) is 10.1. The Balaban J connectivity index is 2.08. The molecule has 2 rings (SSSR count). The average molecular weight is 234 g/mol. The van der Waals surface area contributed by atoms with Gasteiger partial charge in [0, 0.05) is 12.1 Å². The highest BCUT2D eigenvalue weighted by Crippen LogP contribution is 2.28. The second-order valence-electron chi connectivity index (χ2n) is 4.78. The van der Waals surface area contributed by atoms with E-state index in [2.05, 4.69) is 11.9 Å². The van der Waals surface area contributed by atoms with Crippen molar-refractivity contribution >= 4 is 5.69 Å². The fourth-order valence-electron chi connectivity index (χ4n) is 2.44. The summed E-state index contributed by atoms with van der Waals surface area (Å²) in [6.07, 6.45) is 3.54. The molecule has 0 aliphatic carbocycles. The molecule has 1 aliphatic heterocycles. The summed E-state index contributed by atoms with van der Waals surface area (Å²) in [6, 6.07) is 7.05. The standard InChI is InChI=1S/C13H18N2O2/c1-14-9-2-3-11(8-10-14)12-4-6-13(7-5-12)15(16)17/h4-7,11H,2-3,8-10H2,1H3. The van der Waals surface area contributed by atoms with Gasteiger partial charge in [-0.1, -0.05) is 12.1 Å². The number of nitro benzene ring substituents is 1. The van der Waals surface area contributed by atoms with E-state index in [9.17, 15) is 10.1 Å². The first-order chi connectivity index (χ1) is 8.16. The first-order valence-electron chi connectivity index (χ1n) is 6.09. The van der Waals surface area contributed by atoms with Gasteiger partial charge >= 0.3 is 0 Å². The van der Waals surface area contributed by atoms with Crippen LogP contribution in [0.5, 0.6) is 0 Å². The molecule has 0 amide bonds. The van der Waals surface area contributed by atoms with E-state index in [-0.39, 0.29) is 10.6 Å². The first kappa shape index (κ1) is 12.0. The molecule has 1 heterocycles. The Morgan fingerprint density at radius 1 is 1.24 bits per heavy atom. The Kier molecular flexibility index (Phi) is 3.74. The molecule has 1 saturated heterocycles. The molecule has 17 heavy (non-hydrogen) atoms. The number of non-ortho nitro benzene ring substituents is 1. The van der Waals surface area contributed by atoms with Gasteiger partial charge in [-0.2, -0.15) is 0 Å². The highest BCUT2D eigenvalue weighted by atomic mass is 16.6. The Bertz CT molecular complexity index is 389. The largest absolute Gasteiger partial charge is 0.306 e. The zero-order chi connectivity index (χ0) is 12.3. The van der Waals surface area contributed by atoms with E-state index in [0.29, 0.717) is 5.92 Å². The minimum atomic E-state index is -0.343. The Hall–Kier alpha value is -1.42. The molecule has 0 bridgehead atoms. The quantitative estimate of drug-likeness (QED) is 0.584. The molecule has 4 nitrogen and oxygen atoms in total. The van der Waals surface area contributed by atoms with Gasteiger partial charge in [-0.3, -0.25) is 10.1 Å². The van der Waals surface area contributed by atoms with Crippen molar-refractivity contribution < 1.29 is 4.92 Å². The molecule has 0 radical (unpaired) electrons. The zero-order valence-corrected chi connectivity index (χ0v) is 10.1. The minimum absolute atomic E-state index is 0.180. The van der Waals surface area contributed by atoms with Crippen molar-refractivity contribution in [2.24, 2.45) is 0 Å². The van der Waals surface area contributed by atoms with Crippen LogP contribution in [0.15, 0.2) is 24.3 Å². The summed E-state index contributed by atoms with van der Waals surface area (Å²) >= 11 is 0. The Labute approximate surface area is 101 Å². The number of hydrogen-bond acceptors (Lipinski definition) is 3. The van der Waals surface area contributed by atoms with E-state index in [0.717, 1.165) is 19.5 Å². The van der Waals surface area contributed by atoms with Crippen molar-refractivity contribution in [2.75, 3.05) is 20.1 Å². The lowest BCUT2D eigenvalue weighted by molar-refractivity contribution is -0.384. The van der Waals surface area contributed by atoms with Crippen LogP contribution in [-0.2, 0) is 0 Å². The molecule has 92 valence electrons. The minimum Gasteiger partial charge on any atom is -0.306 e. The SMILES string of the molecule is CN1CCCC(c2ccc([N+](=O)[O-])cc2)CC1. The summed E-state index contributed by atoms with van der Waals surface area (Å²) in [7, 11) is 2.15. The van der Waals surface area contributed by atoms with E-state index in [1.165, 1.54) is 18.4 Å². The molecule has 0 aromatic heterocycles. The normalized spacial score (nSPS) is 22.1. The van der Waals surface area contributed by atoms with Crippen molar-refractivity contribution in [2.45, 2.75) is 25.2 Å². The summed E-state index contributed by atoms with van der Waals surface area (Å²) in [5, 5.41) is 10.6. The fourth-order valence-corrected chi connectivity index (χ4v) is 2.44. The molecule has 0 N–H and O–H groups in total. The van der Waals surface area contributed by atoms with Gasteiger partial charge in [0.1, 0.15) is 0 Å². The average Bonchev–Trinajstić information content (AvgIpc) is 2.54. The summed E-state index contributed by atoms with van der Waals surface area (Å²) in [6.45, 7) is 2.27. The molecule has 1 aromatic rings. The van der Waals surface area contributed by atoms with Gasteiger partial charge in [-0.25, -0.2) is 0 Å². The van der Waals surface area contributed by atoms with Crippen LogP contribution >= 0.6 is 0 Å². The van der Waals surface area contributed by atoms with E-state index >= 15 is 0 Å². The third-order valence-corrected chi connectivity index (χ3v) is 3.53. The van der Waals surface area contributed by atoms with Crippen molar-refractivity contribution in [1.29, 1.82) is 0 Å². The molecule has 1 fully saturated rings. The monoisotopic (exact) mass is 234 g/mol. The van der Waals surface area contributed by atoms with Crippen LogP contribution in [0.3, 0.4) is 0 Å². The molecular weight excluding hydrogens is 216 g/mol. The maximum atomic E-state index is 10.6. The topological polar surface area (TPSA) is 46.4 Å². The Morgan fingerprint density at radius 2 is 1.94 bits per heavy atom. The lowest BCUT2D eigenvalue weighted by Crippen LogP contribution is -2.18. The number of nitro groups is 1. The van der Waals surface area contributed by atoms with Crippen molar-refractivity contribution in [3.63, 3.8) is 0 Å². The van der Waals surface area contributed by atoms with Gasteiger partial charge in [0.15, 0.2) is 0 Å². The van der Waals surface area contributed by atoms with Gasteiger partial charge in [0.2, 0.25) is 0 Å². The van der Waals surface area contributed by atoms with Crippen LogP contribution in [0.1, 0.15) is 30.7 Å². The highest BCUT2D eigenvalue weighted by Gasteiger charge is 2.17. The first-order valence-corrected chi connectivity index (χ1v) is 6.09. The molecule has 4 heteroatoms. The summed E-state index contributed by atoms with van der Waals surface area (Å²) in [4.78, 5) is 12.6. The van der Waals surface area contributed by atoms with E-state index in [1.54, 1.807) is 12.1 Å². The van der Waals surface area contributed by atoms with Crippen LogP contribution in [0.2, 0.25) is 0 Å². The van der Waals surface area contributed by atoms with Crippen molar-refractivity contribution in [1.82, 2.24) is 4.90 Å². The van der Waals surface area contributed by atoms with Gasteiger partial charge in [-0.05, 0) is 50.9 Å².